The predicted molar refractivity (Wildman–Crippen MR) is 125 cm³/mol. The second-order valence-electron chi connectivity index (χ2n) is 7.19. The highest BCUT2D eigenvalue weighted by Crippen LogP contribution is 2.28. The third-order valence-corrected chi connectivity index (χ3v) is 6.01. The first-order valence-corrected chi connectivity index (χ1v) is 11.0. The molecule has 0 radical (unpaired) electrons. The number of likely N-dealkylation sites (N-methyl/N-ethyl adjacent to an activating group) is 1. The number of amides is 3. The molecule has 3 aromatic rings. The van der Waals surface area contributed by atoms with E-state index in [1.54, 1.807) is 43.4 Å². The second-order valence-corrected chi connectivity index (χ2v) is 8.27. The van der Waals surface area contributed by atoms with Gasteiger partial charge in [0.25, 0.3) is 11.8 Å². The quantitative estimate of drug-likeness (QED) is 0.401. The molecule has 1 heterocycles. The van der Waals surface area contributed by atoms with Crippen LogP contribution in [-0.2, 0) is 4.79 Å². The average molecular weight is 439 g/mol. The van der Waals surface area contributed by atoms with Crippen LogP contribution in [0, 0.1) is 0 Å². The fourth-order valence-electron chi connectivity index (χ4n) is 3.24. The molecule has 1 atom stereocenters. The van der Waals surface area contributed by atoms with Gasteiger partial charge in [0.1, 0.15) is 6.04 Å². The van der Waals surface area contributed by atoms with E-state index in [0.717, 1.165) is 22.9 Å². The van der Waals surface area contributed by atoms with Gasteiger partial charge in [-0.2, -0.15) is 0 Å². The molecule has 0 spiro atoms. The Labute approximate surface area is 185 Å². The Balaban J connectivity index is 1.79. The molecular formula is C23H26N4O3S. The number of anilines is 2. The fraction of sp³-hybridized carbons (Fsp3) is 0.261. The highest BCUT2D eigenvalue weighted by atomic mass is 32.1. The predicted octanol–water partition coefficient (Wildman–Crippen LogP) is 3.77. The van der Waals surface area contributed by atoms with Crippen molar-refractivity contribution in [2.45, 2.75) is 32.2 Å². The number of nitrogen functional groups attached to an aromatic ring is 1. The number of nitrogens with two attached hydrogens (primary N) is 1. The Hall–Kier alpha value is -3.39. The van der Waals surface area contributed by atoms with E-state index in [4.69, 9.17) is 5.73 Å². The number of carbonyl (C=O) groups excluding carboxylic acids is 3. The summed E-state index contributed by atoms with van der Waals surface area (Å²) in [6, 6.07) is 13.4. The Morgan fingerprint density at radius 3 is 2.58 bits per heavy atom. The standard InChI is InChI=1S/C23H26N4O3S/c1-3-4-8-18(22(29)25-2)27-21(28)16-7-5-6-9-17(16)26-23(30)20-13-14-12-15(24)10-11-19(14)31-20/h5-7,9-13,18H,3-4,8,24H2,1-2H3,(H,25,29)(H,26,30)(H,27,28). The summed E-state index contributed by atoms with van der Waals surface area (Å²) in [7, 11) is 1.54. The minimum absolute atomic E-state index is 0.243. The molecule has 0 aliphatic rings. The topological polar surface area (TPSA) is 113 Å². The molecule has 0 saturated carbocycles. The van der Waals surface area contributed by atoms with Crippen molar-refractivity contribution in [1.29, 1.82) is 0 Å². The molecule has 0 saturated heterocycles. The van der Waals surface area contributed by atoms with Crippen molar-refractivity contribution in [1.82, 2.24) is 10.6 Å². The second kappa shape index (κ2) is 10.1. The number of thiophene rings is 1. The van der Waals surface area contributed by atoms with Crippen LogP contribution in [0.4, 0.5) is 11.4 Å². The van der Waals surface area contributed by atoms with E-state index in [-0.39, 0.29) is 11.8 Å². The Morgan fingerprint density at radius 1 is 1.06 bits per heavy atom. The first kappa shape index (κ1) is 22.3. The number of rotatable bonds is 8. The van der Waals surface area contributed by atoms with Crippen LogP contribution in [0.5, 0.6) is 0 Å². The fourth-order valence-corrected chi connectivity index (χ4v) is 4.17. The number of para-hydroxylation sites is 1. The molecule has 8 heteroatoms. The number of carbonyl (C=O) groups is 3. The summed E-state index contributed by atoms with van der Waals surface area (Å²) in [4.78, 5) is 38.4. The molecule has 7 nitrogen and oxygen atoms in total. The number of unbranched alkanes of at least 4 members (excludes halogenated alkanes) is 1. The Bertz CT molecular complexity index is 1110. The summed E-state index contributed by atoms with van der Waals surface area (Å²) in [6.45, 7) is 2.02. The van der Waals surface area contributed by atoms with Crippen molar-refractivity contribution >= 4 is 50.5 Å². The van der Waals surface area contributed by atoms with Crippen LogP contribution in [0.2, 0.25) is 0 Å². The van der Waals surface area contributed by atoms with E-state index in [2.05, 4.69) is 16.0 Å². The summed E-state index contributed by atoms with van der Waals surface area (Å²) in [5.74, 6) is -0.966. The van der Waals surface area contributed by atoms with Crippen molar-refractivity contribution in [3.8, 4) is 0 Å². The maximum absolute atomic E-state index is 12.9. The maximum Gasteiger partial charge on any atom is 0.265 e. The van der Waals surface area contributed by atoms with Crippen molar-refractivity contribution in [2.75, 3.05) is 18.1 Å². The van der Waals surface area contributed by atoms with Gasteiger partial charge in [-0.15, -0.1) is 11.3 Å². The van der Waals surface area contributed by atoms with Crippen molar-refractivity contribution in [2.24, 2.45) is 0 Å². The summed E-state index contributed by atoms with van der Waals surface area (Å²) < 4.78 is 0.953. The van der Waals surface area contributed by atoms with Gasteiger partial charge in [-0.1, -0.05) is 31.9 Å². The lowest BCUT2D eigenvalue weighted by molar-refractivity contribution is -0.122. The molecule has 0 aliphatic carbocycles. The molecule has 162 valence electrons. The molecule has 2 aromatic carbocycles. The van der Waals surface area contributed by atoms with Crippen molar-refractivity contribution < 1.29 is 14.4 Å². The lowest BCUT2D eigenvalue weighted by Gasteiger charge is -2.18. The molecule has 3 amide bonds. The van der Waals surface area contributed by atoms with Gasteiger partial charge in [-0.3, -0.25) is 14.4 Å². The van der Waals surface area contributed by atoms with Gasteiger partial charge in [-0.25, -0.2) is 0 Å². The normalized spacial score (nSPS) is 11.7. The van der Waals surface area contributed by atoms with Crippen LogP contribution < -0.4 is 21.7 Å². The third kappa shape index (κ3) is 5.40. The van der Waals surface area contributed by atoms with Crippen LogP contribution >= 0.6 is 11.3 Å². The first-order valence-electron chi connectivity index (χ1n) is 10.1. The molecule has 31 heavy (non-hydrogen) atoms. The van der Waals surface area contributed by atoms with Gasteiger partial charge in [0, 0.05) is 17.4 Å². The lowest BCUT2D eigenvalue weighted by Crippen LogP contribution is -2.45. The zero-order chi connectivity index (χ0) is 22.4. The molecule has 3 rings (SSSR count). The van der Waals surface area contributed by atoms with E-state index in [1.807, 2.05) is 19.1 Å². The number of hydrogen-bond donors (Lipinski definition) is 4. The van der Waals surface area contributed by atoms with Gasteiger partial charge < -0.3 is 21.7 Å². The zero-order valence-corrected chi connectivity index (χ0v) is 18.3. The summed E-state index contributed by atoms with van der Waals surface area (Å²) in [5.41, 5.74) is 7.13. The number of fused-ring (bicyclic) bond motifs is 1. The van der Waals surface area contributed by atoms with E-state index in [9.17, 15) is 14.4 Å². The van der Waals surface area contributed by atoms with E-state index in [0.29, 0.717) is 28.2 Å². The average Bonchev–Trinajstić information content (AvgIpc) is 3.19. The Kier molecular flexibility index (Phi) is 7.25. The van der Waals surface area contributed by atoms with Gasteiger partial charge in [0.2, 0.25) is 5.91 Å². The smallest absolute Gasteiger partial charge is 0.265 e. The van der Waals surface area contributed by atoms with Crippen LogP contribution in [0.3, 0.4) is 0 Å². The van der Waals surface area contributed by atoms with Gasteiger partial charge >= 0.3 is 0 Å². The minimum Gasteiger partial charge on any atom is -0.399 e. The van der Waals surface area contributed by atoms with Crippen LogP contribution in [0.25, 0.3) is 10.1 Å². The molecule has 5 N–H and O–H groups in total. The summed E-state index contributed by atoms with van der Waals surface area (Å²) in [5, 5.41) is 9.09. The Morgan fingerprint density at radius 2 is 1.84 bits per heavy atom. The van der Waals surface area contributed by atoms with Crippen LogP contribution in [-0.4, -0.2) is 30.8 Å². The van der Waals surface area contributed by atoms with Crippen LogP contribution in [0.1, 0.15) is 46.2 Å². The molecule has 1 aromatic heterocycles. The van der Waals surface area contributed by atoms with Gasteiger partial charge in [0.15, 0.2) is 0 Å². The van der Waals surface area contributed by atoms with Crippen LogP contribution in [0.15, 0.2) is 48.5 Å². The van der Waals surface area contributed by atoms with E-state index < -0.39 is 11.9 Å². The molecule has 1 unspecified atom stereocenters. The van der Waals surface area contributed by atoms with Crippen molar-refractivity contribution in [3.63, 3.8) is 0 Å². The zero-order valence-electron chi connectivity index (χ0n) is 17.5. The molecule has 0 fully saturated rings. The van der Waals surface area contributed by atoms with E-state index in [1.165, 1.54) is 11.3 Å². The van der Waals surface area contributed by atoms with Crippen molar-refractivity contribution in [3.05, 3.63) is 59.0 Å². The van der Waals surface area contributed by atoms with Gasteiger partial charge in [0.05, 0.1) is 16.1 Å². The lowest BCUT2D eigenvalue weighted by atomic mass is 10.1. The highest BCUT2D eigenvalue weighted by Gasteiger charge is 2.22. The summed E-state index contributed by atoms with van der Waals surface area (Å²) in [6.07, 6.45) is 2.27. The SMILES string of the molecule is CCCCC(NC(=O)c1ccccc1NC(=O)c1cc2cc(N)ccc2s1)C(=O)NC. The van der Waals surface area contributed by atoms with E-state index >= 15 is 0 Å². The molecule has 0 aliphatic heterocycles. The third-order valence-electron chi connectivity index (χ3n) is 4.90. The molecular weight excluding hydrogens is 412 g/mol. The first-order chi connectivity index (χ1) is 14.9. The monoisotopic (exact) mass is 438 g/mol. The maximum atomic E-state index is 12.9. The number of hydrogen-bond acceptors (Lipinski definition) is 5. The van der Waals surface area contributed by atoms with Gasteiger partial charge in [-0.05, 0) is 48.2 Å². The number of nitrogens with one attached hydrogen (secondary N) is 3. The largest absolute Gasteiger partial charge is 0.399 e. The minimum atomic E-state index is -0.630. The molecule has 0 bridgehead atoms. The highest BCUT2D eigenvalue weighted by molar-refractivity contribution is 7.20. The summed E-state index contributed by atoms with van der Waals surface area (Å²) >= 11 is 1.35. The number of benzene rings is 2.